The minimum absolute atomic E-state index is 0.592. The second kappa shape index (κ2) is 14.8. The lowest BCUT2D eigenvalue weighted by atomic mass is 9.92. The van der Waals surface area contributed by atoms with Gasteiger partial charge in [-0.3, -0.25) is 4.57 Å². The lowest BCUT2D eigenvalue weighted by Crippen LogP contribution is -2.36. The number of hydrogen-bond acceptors (Lipinski definition) is 4. The van der Waals surface area contributed by atoms with Gasteiger partial charge >= 0.3 is 0 Å². The third-order valence-electron chi connectivity index (χ3n) is 5.39. The van der Waals surface area contributed by atoms with E-state index < -0.39 is 0 Å². The van der Waals surface area contributed by atoms with Crippen LogP contribution >= 0.6 is 11.8 Å². The topological polar surface area (TPSA) is 45.8 Å². The molecule has 31 heavy (non-hydrogen) atoms. The zero-order valence-electron chi connectivity index (χ0n) is 19.1. The molecule has 0 aliphatic carbocycles. The Kier molecular flexibility index (Phi) is 11.9. The van der Waals surface area contributed by atoms with Gasteiger partial charge in [0.15, 0.2) is 0 Å². The van der Waals surface area contributed by atoms with Crippen LogP contribution in [0.5, 0.6) is 0 Å². The Morgan fingerprint density at radius 1 is 1.32 bits per heavy atom. The number of allylic oxidation sites excluding steroid dienone is 5. The predicted molar refractivity (Wildman–Crippen MR) is 137 cm³/mol. The van der Waals surface area contributed by atoms with Crippen molar-refractivity contribution in [3.8, 4) is 0 Å². The van der Waals surface area contributed by atoms with Gasteiger partial charge in [0.2, 0.25) is 5.96 Å². The molecule has 1 aromatic heterocycles. The summed E-state index contributed by atoms with van der Waals surface area (Å²) in [5, 5.41) is 0. The molecule has 1 aliphatic rings. The number of imidazole rings is 1. The van der Waals surface area contributed by atoms with E-state index in [-0.39, 0.29) is 0 Å². The van der Waals surface area contributed by atoms with E-state index in [2.05, 4.69) is 58.4 Å². The van der Waals surface area contributed by atoms with E-state index in [0.29, 0.717) is 5.96 Å². The standard InChI is InChI=1S/C25H37N5S/c1-5-8-13-23(11-6-2)24(31-4)19-22-12-9-16-29(20-22)17-10-14-28-25(27-7-3)30-18-15-26-21-30/h5-7,11,14-15,18,21-22H,1,3,8-10,12-13,16-17,19-20H2,2,4H3/b11-6-,24-23-,27-25?,28-14?/t22-/m1/s1. The number of hydrogen-bond donors (Lipinski definition) is 0. The van der Waals surface area contributed by atoms with Gasteiger partial charge in [0.05, 0.1) is 0 Å². The Labute approximate surface area is 192 Å². The van der Waals surface area contributed by atoms with Crippen molar-refractivity contribution in [2.24, 2.45) is 15.9 Å². The van der Waals surface area contributed by atoms with Crippen molar-refractivity contribution in [1.82, 2.24) is 14.5 Å². The minimum atomic E-state index is 0.592. The number of aliphatic imine (C=N–C) groups is 2. The SMILES string of the molecule is C=CCCC(/C=C\C)=C(/C[C@H]1CCCN(CCC=NC(=NC=C)n2ccnc2)C1)SC. The van der Waals surface area contributed by atoms with Crippen LogP contribution in [0.3, 0.4) is 0 Å². The van der Waals surface area contributed by atoms with Crippen LogP contribution in [0.2, 0.25) is 0 Å². The highest BCUT2D eigenvalue weighted by atomic mass is 32.2. The molecule has 0 amide bonds. The summed E-state index contributed by atoms with van der Waals surface area (Å²) >= 11 is 1.92. The van der Waals surface area contributed by atoms with Crippen LogP contribution in [0, 0.1) is 5.92 Å². The Bertz CT molecular complexity index is 789. The summed E-state index contributed by atoms with van der Waals surface area (Å²) in [7, 11) is 0. The normalized spacial score (nSPS) is 19.2. The van der Waals surface area contributed by atoms with Gasteiger partial charge in [-0.1, -0.05) is 24.8 Å². The van der Waals surface area contributed by atoms with Gasteiger partial charge in [0.25, 0.3) is 0 Å². The Morgan fingerprint density at radius 2 is 2.19 bits per heavy atom. The van der Waals surface area contributed by atoms with E-state index in [9.17, 15) is 0 Å². The fourth-order valence-electron chi connectivity index (χ4n) is 3.92. The average molecular weight is 440 g/mol. The third kappa shape index (κ3) is 8.83. The van der Waals surface area contributed by atoms with E-state index in [1.165, 1.54) is 37.6 Å². The van der Waals surface area contributed by atoms with E-state index >= 15 is 0 Å². The summed E-state index contributed by atoms with van der Waals surface area (Å²) in [5.41, 5.74) is 1.48. The molecule has 0 saturated carbocycles. The monoisotopic (exact) mass is 439 g/mol. The number of rotatable bonds is 11. The summed E-state index contributed by atoms with van der Waals surface area (Å²) in [4.78, 5) is 16.9. The van der Waals surface area contributed by atoms with Gasteiger partial charge in [-0.25, -0.2) is 15.0 Å². The summed E-state index contributed by atoms with van der Waals surface area (Å²) in [6, 6.07) is 0. The molecule has 1 fully saturated rings. The number of likely N-dealkylation sites (tertiary alicyclic amines) is 1. The summed E-state index contributed by atoms with van der Waals surface area (Å²) < 4.78 is 1.79. The van der Waals surface area contributed by atoms with Crippen molar-refractivity contribution in [3.05, 3.63) is 66.8 Å². The zero-order chi connectivity index (χ0) is 22.3. The second-order valence-electron chi connectivity index (χ2n) is 7.67. The van der Waals surface area contributed by atoms with Gasteiger partial charge in [-0.15, -0.1) is 18.3 Å². The first kappa shape index (κ1) is 25.1. The van der Waals surface area contributed by atoms with Gasteiger partial charge in [0, 0.05) is 37.9 Å². The van der Waals surface area contributed by atoms with Gasteiger partial charge in [0.1, 0.15) is 6.33 Å². The van der Waals surface area contributed by atoms with Crippen molar-refractivity contribution in [2.75, 3.05) is 25.9 Å². The molecule has 2 rings (SSSR count). The average Bonchev–Trinajstić information content (AvgIpc) is 3.32. The van der Waals surface area contributed by atoms with E-state index in [1.807, 2.05) is 30.2 Å². The Morgan fingerprint density at radius 3 is 2.87 bits per heavy atom. The maximum atomic E-state index is 4.52. The molecule has 1 atom stereocenters. The molecular formula is C25H37N5S. The zero-order valence-corrected chi connectivity index (χ0v) is 19.9. The lowest BCUT2D eigenvalue weighted by molar-refractivity contribution is 0.179. The van der Waals surface area contributed by atoms with Crippen LogP contribution in [-0.2, 0) is 0 Å². The smallest absolute Gasteiger partial charge is 0.234 e. The Hall–Kier alpha value is -2.18. The highest BCUT2D eigenvalue weighted by Gasteiger charge is 2.21. The summed E-state index contributed by atoms with van der Waals surface area (Å²) in [5.74, 6) is 1.32. The number of aromatic nitrogens is 2. The largest absolute Gasteiger partial charge is 0.303 e. The number of nitrogens with zero attached hydrogens (tertiary/aromatic N) is 5. The summed E-state index contributed by atoms with van der Waals surface area (Å²) in [6.45, 7) is 13.0. The van der Waals surface area contributed by atoms with Crippen LogP contribution in [0.1, 0.15) is 45.4 Å². The van der Waals surface area contributed by atoms with Crippen molar-refractivity contribution in [3.63, 3.8) is 0 Å². The van der Waals surface area contributed by atoms with Crippen molar-refractivity contribution >= 4 is 23.9 Å². The van der Waals surface area contributed by atoms with Gasteiger partial charge in [-0.05, 0) is 74.6 Å². The fourth-order valence-corrected chi connectivity index (χ4v) is 4.75. The molecule has 1 aliphatic heterocycles. The van der Waals surface area contributed by atoms with Crippen LogP contribution in [0.15, 0.2) is 76.8 Å². The van der Waals surface area contributed by atoms with E-state index in [0.717, 1.165) is 38.3 Å². The minimum Gasteiger partial charge on any atom is -0.303 e. The molecule has 0 radical (unpaired) electrons. The molecule has 168 valence electrons. The first-order valence-corrected chi connectivity index (χ1v) is 12.4. The van der Waals surface area contributed by atoms with Crippen molar-refractivity contribution in [2.45, 2.75) is 45.4 Å². The van der Waals surface area contributed by atoms with Crippen molar-refractivity contribution in [1.29, 1.82) is 0 Å². The quantitative estimate of drug-likeness (QED) is 0.185. The molecule has 0 spiro atoms. The van der Waals surface area contributed by atoms with Gasteiger partial charge < -0.3 is 4.90 Å². The second-order valence-corrected chi connectivity index (χ2v) is 8.58. The number of piperidine rings is 1. The predicted octanol–water partition coefficient (Wildman–Crippen LogP) is 5.95. The van der Waals surface area contributed by atoms with Gasteiger partial charge in [-0.2, -0.15) is 0 Å². The molecule has 2 heterocycles. The lowest BCUT2D eigenvalue weighted by Gasteiger charge is -2.33. The Balaban J connectivity index is 1.90. The number of thioether (sulfide) groups is 1. The molecule has 1 aromatic rings. The highest BCUT2D eigenvalue weighted by Crippen LogP contribution is 2.32. The molecular weight excluding hydrogens is 402 g/mol. The first-order valence-electron chi connectivity index (χ1n) is 11.1. The molecule has 0 bridgehead atoms. The molecule has 1 saturated heterocycles. The van der Waals surface area contributed by atoms with Crippen LogP contribution < -0.4 is 0 Å². The van der Waals surface area contributed by atoms with Crippen LogP contribution in [0.4, 0.5) is 0 Å². The molecule has 5 nitrogen and oxygen atoms in total. The third-order valence-corrected chi connectivity index (χ3v) is 6.31. The molecule has 0 aromatic carbocycles. The first-order chi connectivity index (χ1) is 15.2. The van der Waals surface area contributed by atoms with E-state index in [4.69, 9.17) is 0 Å². The fraction of sp³-hybridized carbons (Fsp3) is 0.480. The maximum Gasteiger partial charge on any atom is 0.234 e. The van der Waals surface area contributed by atoms with Crippen LogP contribution in [0.25, 0.3) is 0 Å². The molecule has 0 unspecified atom stereocenters. The molecule has 0 N–H and O–H groups in total. The van der Waals surface area contributed by atoms with Crippen LogP contribution in [-0.4, -0.2) is 52.5 Å². The molecule has 6 heteroatoms. The maximum absolute atomic E-state index is 4.52. The highest BCUT2D eigenvalue weighted by molar-refractivity contribution is 8.02. The van der Waals surface area contributed by atoms with Crippen molar-refractivity contribution < 1.29 is 0 Å². The van der Waals surface area contributed by atoms with E-state index in [1.54, 1.807) is 22.0 Å². The summed E-state index contributed by atoms with van der Waals surface area (Å²) in [6.07, 6.45) is 24.2.